The molecule has 2 rings (SSSR count). The van der Waals surface area contributed by atoms with E-state index in [-0.39, 0.29) is 0 Å². The van der Waals surface area contributed by atoms with Gasteiger partial charge in [0.05, 0.1) is 5.69 Å². The van der Waals surface area contributed by atoms with Crippen LogP contribution in [0.3, 0.4) is 0 Å². The number of hydrogen-bond donors (Lipinski definition) is 1. The topological polar surface area (TPSA) is 24.9 Å². The summed E-state index contributed by atoms with van der Waals surface area (Å²) in [6.45, 7) is 0. The maximum atomic E-state index is 5.84. The van der Waals surface area contributed by atoms with Gasteiger partial charge in [0.1, 0.15) is 0 Å². The van der Waals surface area contributed by atoms with Crippen LogP contribution < -0.4 is 5.32 Å². The van der Waals surface area contributed by atoms with Crippen molar-refractivity contribution in [1.82, 2.24) is 4.98 Å². The highest BCUT2D eigenvalue weighted by Crippen LogP contribution is 2.24. The number of rotatable bonds is 4. The van der Waals surface area contributed by atoms with Gasteiger partial charge in [0.15, 0.2) is 0 Å². The summed E-state index contributed by atoms with van der Waals surface area (Å²) in [4.78, 5) is 5.53. The maximum Gasteiger partial charge on any atom is 0.0526 e. The number of hydrogen-bond acceptors (Lipinski definition) is 3. The Bertz CT molecular complexity index is 485. The summed E-state index contributed by atoms with van der Waals surface area (Å²) in [5.41, 5.74) is 2.16. The number of benzene rings is 1. The van der Waals surface area contributed by atoms with E-state index in [2.05, 4.69) is 16.4 Å². The van der Waals surface area contributed by atoms with Gasteiger partial charge in [-0.2, -0.15) is 0 Å². The highest BCUT2D eigenvalue weighted by atomic mass is 35.5. The lowest BCUT2D eigenvalue weighted by atomic mass is 10.3. The van der Waals surface area contributed by atoms with Gasteiger partial charge in [0, 0.05) is 34.6 Å². The molecule has 2 aromatic rings. The molecule has 0 aliphatic carbocycles. The van der Waals surface area contributed by atoms with Gasteiger partial charge in [-0.3, -0.25) is 4.98 Å². The van der Waals surface area contributed by atoms with E-state index in [1.54, 1.807) is 11.8 Å². The quantitative estimate of drug-likeness (QED) is 0.843. The molecule has 0 spiro atoms. The van der Waals surface area contributed by atoms with Gasteiger partial charge < -0.3 is 5.32 Å². The molecule has 0 amide bonds. The smallest absolute Gasteiger partial charge is 0.0526 e. The molecule has 2 nitrogen and oxygen atoms in total. The van der Waals surface area contributed by atoms with Gasteiger partial charge in [-0.15, -0.1) is 11.8 Å². The van der Waals surface area contributed by atoms with Crippen LogP contribution in [-0.2, 0) is 5.75 Å². The molecule has 0 fully saturated rings. The van der Waals surface area contributed by atoms with E-state index < -0.39 is 0 Å². The Balaban J connectivity index is 1.99. The summed E-state index contributed by atoms with van der Waals surface area (Å²) >= 11 is 7.59. The van der Waals surface area contributed by atoms with E-state index >= 15 is 0 Å². The number of halogens is 1. The highest BCUT2D eigenvalue weighted by Gasteiger charge is 1.99. The van der Waals surface area contributed by atoms with Gasteiger partial charge in [0.2, 0.25) is 0 Å². The fourth-order valence-corrected chi connectivity index (χ4v) is 2.33. The van der Waals surface area contributed by atoms with Crippen molar-refractivity contribution in [3.63, 3.8) is 0 Å². The van der Waals surface area contributed by atoms with Gasteiger partial charge >= 0.3 is 0 Å². The molecule has 0 unspecified atom stereocenters. The first-order chi connectivity index (χ1) is 8.28. The van der Waals surface area contributed by atoms with E-state index in [0.717, 1.165) is 22.2 Å². The Morgan fingerprint density at radius 1 is 1.24 bits per heavy atom. The maximum absolute atomic E-state index is 5.84. The Morgan fingerprint density at radius 3 is 2.71 bits per heavy atom. The van der Waals surface area contributed by atoms with Crippen LogP contribution in [0.5, 0.6) is 0 Å². The van der Waals surface area contributed by atoms with Crippen molar-refractivity contribution >= 4 is 29.1 Å². The minimum Gasteiger partial charge on any atom is -0.388 e. The van der Waals surface area contributed by atoms with Crippen molar-refractivity contribution in [2.45, 2.75) is 10.6 Å². The normalized spacial score (nSPS) is 10.2. The molecule has 88 valence electrons. The number of anilines is 1. The minimum absolute atomic E-state index is 0.768. The highest BCUT2D eigenvalue weighted by molar-refractivity contribution is 7.98. The fraction of sp³-hybridized carbons (Fsp3) is 0.154. The van der Waals surface area contributed by atoms with Crippen LogP contribution in [0.15, 0.2) is 47.5 Å². The minimum atomic E-state index is 0.768. The predicted molar refractivity (Wildman–Crippen MR) is 74.8 cm³/mol. The molecular formula is C13H13ClN2S. The summed E-state index contributed by atoms with van der Waals surface area (Å²) in [5.74, 6) is 0.858. The first kappa shape index (κ1) is 12.3. The van der Waals surface area contributed by atoms with Gasteiger partial charge in [-0.25, -0.2) is 0 Å². The summed E-state index contributed by atoms with van der Waals surface area (Å²) < 4.78 is 0. The third-order valence-corrected chi connectivity index (χ3v) is 3.60. The second kappa shape index (κ2) is 5.94. The van der Waals surface area contributed by atoms with Crippen LogP contribution in [0, 0.1) is 0 Å². The lowest BCUT2D eigenvalue weighted by Crippen LogP contribution is -1.92. The molecule has 1 N–H and O–H groups in total. The third-order valence-electron chi connectivity index (χ3n) is 2.31. The molecular weight excluding hydrogens is 252 g/mol. The molecule has 0 atom stereocenters. The average molecular weight is 265 g/mol. The zero-order valence-corrected chi connectivity index (χ0v) is 11.1. The standard InChI is InChI=1S/C13H13ClN2S/c1-15-11-6-7-16-12(8-11)9-17-13-4-2-10(14)3-5-13/h2-8H,9H2,1H3,(H,15,16). The molecule has 4 heteroatoms. The van der Waals surface area contributed by atoms with Crippen molar-refractivity contribution < 1.29 is 0 Å². The first-order valence-electron chi connectivity index (χ1n) is 5.29. The molecule has 0 bridgehead atoms. The molecule has 0 saturated carbocycles. The Labute approximate surface area is 110 Å². The number of thioether (sulfide) groups is 1. The van der Waals surface area contributed by atoms with Crippen molar-refractivity contribution in [3.8, 4) is 0 Å². The zero-order valence-electron chi connectivity index (χ0n) is 9.48. The molecule has 1 aromatic heterocycles. The van der Waals surface area contributed by atoms with E-state index in [4.69, 9.17) is 11.6 Å². The molecule has 0 saturated heterocycles. The molecule has 1 aromatic carbocycles. The van der Waals surface area contributed by atoms with Crippen LogP contribution in [0.1, 0.15) is 5.69 Å². The Morgan fingerprint density at radius 2 is 2.00 bits per heavy atom. The van der Waals surface area contributed by atoms with Crippen molar-refractivity contribution in [1.29, 1.82) is 0 Å². The number of aromatic nitrogens is 1. The first-order valence-corrected chi connectivity index (χ1v) is 6.65. The van der Waals surface area contributed by atoms with E-state index in [9.17, 15) is 0 Å². The van der Waals surface area contributed by atoms with E-state index in [1.807, 2.05) is 43.6 Å². The summed E-state index contributed by atoms with van der Waals surface area (Å²) in [5, 5.41) is 3.87. The molecule has 1 heterocycles. The third kappa shape index (κ3) is 3.65. The fourth-order valence-electron chi connectivity index (χ4n) is 1.40. The lowest BCUT2D eigenvalue weighted by molar-refractivity contribution is 1.17. The van der Waals surface area contributed by atoms with Crippen LogP contribution in [0.4, 0.5) is 5.69 Å². The van der Waals surface area contributed by atoms with Gasteiger partial charge in [0.25, 0.3) is 0 Å². The summed E-state index contributed by atoms with van der Waals surface area (Å²) in [6.07, 6.45) is 1.82. The lowest BCUT2D eigenvalue weighted by Gasteiger charge is -2.04. The Hall–Kier alpha value is -1.19. The largest absolute Gasteiger partial charge is 0.388 e. The van der Waals surface area contributed by atoms with Gasteiger partial charge in [-0.05, 0) is 36.4 Å². The summed E-state index contributed by atoms with van der Waals surface area (Å²) in [6, 6.07) is 11.9. The molecule has 0 radical (unpaired) electrons. The van der Waals surface area contributed by atoms with E-state index in [1.165, 1.54) is 4.90 Å². The summed E-state index contributed by atoms with van der Waals surface area (Å²) in [7, 11) is 1.91. The van der Waals surface area contributed by atoms with Crippen LogP contribution in [0.2, 0.25) is 5.02 Å². The molecule has 0 aliphatic heterocycles. The number of nitrogens with zero attached hydrogens (tertiary/aromatic N) is 1. The Kier molecular flexibility index (Phi) is 4.29. The van der Waals surface area contributed by atoms with Crippen molar-refractivity contribution in [2.75, 3.05) is 12.4 Å². The predicted octanol–water partition coefficient (Wildman–Crippen LogP) is 4.07. The zero-order chi connectivity index (χ0) is 12.1. The van der Waals surface area contributed by atoms with Crippen molar-refractivity contribution in [3.05, 3.63) is 53.3 Å². The van der Waals surface area contributed by atoms with Crippen LogP contribution in [-0.4, -0.2) is 12.0 Å². The van der Waals surface area contributed by atoms with E-state index in [0.29, 0.717) is 0 Å². The number of nitrogens with one attached hydrogen (secondary N) is 1. The second-order valence-electron chi connectivity index (χ2n) is 3.53. The molecule has 0 aliphatic rings. The van der Waals surface area contributed by atoms with Crippen molar-refractivity contribution in [2.24, 2.45) is 0 Å². The SMILES string of the molecule is CNc1ccnc(CSc2ccc(Cl)cc2)c1. The second-order valence-corrected chi connectivity index (χ2v) is 5.01. The molecule has 17 heavy (non-hydrogen) atoms. The van der Waals surface area contributed by atoms with Crippen LogP contribution >= 0.6 is 23.4 Å². The van der Waals surface area contributed by atoms with Crippen LogP contribution in [0.25, 0.3) is 0 Å². The number of pyridine rings is 1. The average Bonchev–Trinajstić information content (AvgIpc) is 2.38. The van der Waals surface area contributed by atoms with Gasteiger partial charge in [-0.1, -0.05) is 11.6 Å². The monoisotopic (exact) mass is 264 g/mol.